The summed E-state index contributed by atoms with van der Waals surface area (Å²) < 4.78 is 26.5. The van der Waals surface area contributed by atoms with Crippen LogP contribution in [0.1, 0.15) is 22.8 Å². The average molecular weight is 291 g/mol. The van der Waals surface area contributed by atoms with E-state index in [1.54, 1.807) is 0 Å². The van der Waals surface area contributed by atoms with Crippen LogP contribution in [-0.2, 0) is 6.42 Å². The molecule has 0 saturated carbocycles. The van der Waals surface area contributed by atoms with Crippen LogP contribution in [0.4, 0.5) is 8.78 Å². The van der Waals surface area contributed by atoms with Crippen LogP contribution in [0.15, 0.2) is 42.5 Å². The van der Waals surface area contributed by atoms with Gasteiger partial charge in [0.15, 0.2) is 0 Å². The molecule has 0 aliphatic rings. The molecule has 0 saturated heterocycles. The van der Waals surface area contributed by atoms with Crippen LogP contribution in [0.2, 0.25) is 0 Å². The predicted molar refractivity (Wildman–Crippen MR) is 79.1 cm³/mol. The van der Waals surface area contributed by atoms with Crippen LogP contribution in [0.25, 0.3) is 0 Å². The summed E-state index contributed by atoms with van der Waals surface area (Å²) in [5, 5.41) is 13.0. The summed E-state index contributed by atoms with van der Waals surface area (Å²) in [6, 6.07) is 11.3. The van der Waals surface area contributed by atoms with Crippen molar-refractivity contribution in [3.63, 3.8) is 0 Å². The van der Waals surface area contributed by atoms with Crippen molar-refractivity contribution in [2.24, 2.45) is 0 Å². The molecule has 2 aromatic rings. The Morgan fingerprint density at radius 3 is 2.71 bits per heavy atom. The zero-order valence-electron chi connectivity index (χ0n) is 11.9. The topological polar surface area (TPSA) is 32.3 Å². The van der Waals surface area contributed by atoms with Crippen LogP contribution in [0.5, 0.6) is 0 Å². The highest BCUT2D eigenvalue weighted by Crippen LogP contribution is 2.17. The van der Waals surface area contributed by atoms with Gasteiger partial charge in [0, 0.05) is 12.1 Å². The van der Waals surface area contributed by atoms with Crippen molar-refractivity contribution < 1.29 is 13.9 Å². The van der Waals surface area contributed by atoms with Gasteiger partial charge in [-0.2, -0.15) is 0 Å². The summed E-state index contributed by atoms with van der Waals surface area (Å²) >= 11 is 0. The van der Waals surface area contributed by atoms with Gasteiger partial charge in [0.1, 0.15) is 11.6 Å². The molecule has 2 nitrogen and oxygen atoms in total. The molecule has 0 heterocycles. The second-order valence-electron chi connectivity index (χ2n) is 5.12. The summed E-state index contributed by atoms with van der Waals surface area (Å²) in [5.41, 5.74) is 2.39. The lowest BCUT2D eigenvalue weighted by molar-refractivity contribution is 0.170. The molecule has 2 aromatic carbocycles. The van der Waals surface area contributed by atoms with E-state index in [9.17, 15) is 13.9 Å². The van der Waals surface area contributed by atoms with Gasteiger partial charge in [0.2, 0.25) is 0 Å². The van der Waals surface area contributed by atoms with E-state index < -0.39 is 17.7 Å². The second-order valence-corrected chi connectivity index (χ2v) is 5.12. The molecular weight excluding hydrogens is 272 g/mol. The molecule has 0 bridgehead atoms. The van der Waals surface area contributed by atoms with Crippen LogP contribution < -0.4 is 5.32 Å². The highest BCUT2D eigenvalue weighted by Gasteiger charge is 2.13. The molecule has 1 atom stereocenters. The van der Waals surface area contributed by atoms with Crippen LogP contribution in [0.3, 0.4) is 0 Å². The fourth-order valence-corrected chi connectivity index (χ4v) is 2.22. The van der Waals surface area contributed by atoms with Gasteiger partial charge in [0.25, 0.3) is 0 Å². The molecule has 21 heavy (non-hydrogen) atoms. The van der Waals surface area contributed by atoms with Crippen molar-refractivity contribution in [3.05, 3.63) is 70.8 Å². The molecule has 0 amide bonds. The zero-order chi connectivity index (χ0) is 15.2. The van der Waals surface area contributed by atoms with Gasteiger partial charge in [-0.05, 0) is 43.7 Å². The smallest absolute Gasteiger partial charge is 0.129 e. The Kier molecular flexibility index (Phi) is 5.42. The number of hydrogen-bond acceptors (Lipinski definition) is 2. The first-order valence-electron chi connectivity index (χ1n) is 6.95. The fourth-order valence-electron chi connectivity index (χ4n) is 2.22. The third-order valence-electron chi connectivity index (χ3n) is 3.33. The number of aliphatic hydroxyl groups excluding tert-OH is 1. The summed E-state index contributed by atoms with van der Waals surface area (Å²) in [7, 11) is 0. The number of hydrogen-bond donors (Lipinski definition) is 2. The molecule has 0 aliphatic heterocycles. The van der Waals surface area contributed by atoms with Gasteiger partial charge < -0.3 is 10.4 Å². The number of nitrogens with one attached hydrogen (secondary N) is 1. The Balaban J connectivity index is 1.82. The zero-order valence-corrected chi connectivity index (χ0v) is 11.9. The average Bonchev–Trinajstić information content (AvgIpc) is 2.46. The van der Waals surface area contributed by atoms with E-state index in [-0.39, 0.29) is 12.1 Å². The van der Waals surface area contributed by atoms with Crippen molar-refractivity contribution in [3.8, 4) is 0 Å². The highest BCUT2D eigenvalue weighted by molar-refractivity contribution is 5.23. The molecule has 112 valence electrons. The second kappa shape index (κ2) is 7.29. The van der Waals surface area contributed by atoms with Crippen molar-refractivity contribution in [2.75, 3.05) is 13.1 Å². The van der Waals surface area contributed by atoms with Crippen LogP contribution in [0, 0.1) is 18.6 Å². The lowest BCUT2D eigenvalue weighted by Crippen LogP contribution is -2.24. The van der Waals surface area contributed by atoms with Crippen molar-refractivity contribution in [1.82, 2.24) is 5.32 Å². The van der Waals surface area contributed by atoms with E-state index >= 15 is 0 Å². The van der Waals surface area contributed by atoms with Gasteiger partial charge in [-0.3, -0.25) is 0 Å². The molecule has 0 aliphatic carbocycles. The van der Waals surface area contributed by atoms with E-state index in [1.165, 1.54) is 11.1 Å². The van der Waals surface area contributed by atoms with Gasteiger partial charge in [-0.15, -0.1) is 0 Å². The van der Waals surface area contributed by atoms with E-state index in [0.29, 0.717) is 6.54 Å². The Labute approximate surface area is 123 Å². The first-order chi connectivity index (χ1) is 10.1. The number of rotatable bonds is 6. The van der Waals surface area contributed by atoms with E-state index in [1.807, 2.05) is 25.1 Å². The maximum atomic E-state index is 13.5. The van der Waals surface area contributed by atoms with Crippen LogP contribution in [-0.4, -0.2) is 18.2 Å². The highest BCUT2D eigenvalue weighted by atomic mass is 19.1. The van der Waals surface area contributed by atoms with Gasteiger partial charge in [0.05, 0.1) is 6.10 Å². The van der Waals surface area contributed by atoms with E-state index in [0.717, 1.165) is 24.6 Å². The largest absolute Gasteiger partial charge is 0.387 e. The maximum absolute atomic E-state index is 13.5. The molecular formula is C17H19F2NO. The molecule has 0 fully saturated rings. The first kappa shape index (κ1) is 15.6. The monoisotopic (exact) mass is 291 g/mol. The molecule has 0 radical (unpaired) electrons. The van der Waals surface area contributed by atoms with Crippen LogP contribution >= 0.6 is 0 Å². The molecule has 0 aromatic heterocycles. The van der Waals surface area contributed by atoms with E-state index in [2.05, 4.69) is 11.4 Å². The number of aryl methyl sites for hydroxylation is 1. The minimum atomic E-state index is -1.06. The maximum Gasteiger partial charge on any atom is 0.129 e. The van der Waals surface area contributed by atoms with Crippen molar-refractivity contribution >= 4 is 0 Å². The summed E-state index contributed by atoms with van der Waals surface area (Å²) in [6.45, 7) is 2.89. The predicted octanol–water partition coefficient (Wildman–Crippen LogP) is 3.14. The Morgan fingerprint density at radius 2 is 1.95 bits per heavy atom. The quantitative estimate of drug-likeness (QED) is 0.801. The number of aliphatic hydroxyl groups is 1. The minimum absolute atomic E-state index is 0.0157. The fraction of sp³-hybridized carbons (Fsp3) is 0.294. The third kappa shape index (κ3) is 4.62. The number of halogens is 2. The first-order valence-corrected chi connectivity index (χ1v) is 6.95. The summed E-state index contributed by atoms with van der Waals surface area (Å²) in [5.74, 6) is -1.14. The summed E-state index contributed by atoms with van der Waals surface area (Å²) in [4.78, 5) is 0. The number of benzene rings is 2. The standard InChI is InChI=1S/C17H19F2NO/c1-12-3-2-4-13(9-12)7-8-20-11-17(21)15-10-14(18)5-6-16(15)19/h2-6,9-10,17,20-21H,7-8,11H2,1H3. The molecule has 4 heteroatoms. The van der Waals surface area contributed by atoms with Crippen molar-refractivity contribution in [1.29, 1.82) is 0 Å². The molecule has 2 rings (SSSR count). The minimum Gasteiger partial charge on any atom is -0.387 e. The molecule has 0 spiro atoms. The Bertz CT molecular complexity index is 601. The normalized spacial score (nSPS) is 12.4. The third-order valence-corrected chi connectivity index (χ3v) is 3.33. The van der Waals surface area contributed by atoms with Gasteiger partial charge in [-0.25, -0.2) is 8.78 Å². The van der Waals surface area contributed by atoms with Crippen molar-refractivity contribution in [2.45, 2.75) is 19.4 Å². The lowest BCUT2D eigenvalue weighted by atomic mass is 10.1. The Hall–Kier alpha value is -1.78. The SMILES string of the molecule is Cc1cccc(CCNCC(O)c2cc(F)ccc2F)c1. The molecule has 2 N–H and O–H groups in total. The van der Waals surface area contributed by atoms with E-state index in [4.69, 9.17) is 0 Å². The van der Waals surface area contributed by atoms with Gasteiger partial charge in [-0.1, -0.05) is 29.8 Å². The molecule has 1 unspecified atom stereocenters. The van der Waals surface area contributed by atoms with Gasteiger partial charge >= 0.3 is 0 Å². The summed E-state index contributed by atoms with van der Waals surface area (Å²) in [6.07, 6.45) is -0.238. The lowest BCUT2D eigenvalue weighted by Gasteiger charge is -2.13. The Morgan fingerprint density at radius 1 is 1.14 bits per heavy atom.